The average molecular weight is 306 g/mol. The van der Waals surface area contributed by atoms with Crippen molar-refractivity contribution in [2.75, 3.05) is 31.1 Å². The maximum Gasteiger partial charge on any atom is 0.309 e. The molecule has 0 saturated carbocycles. The van der Waals surface area contributed by atoms with E-state index in [4.69, 9.17) is 10.8 Å². The van der Waals surface area contributed by atoms with Crippen LogP contribution < -0.4 is 5.73 Å². The summed E-state index contributed by atoms with van der Waals surface area (Å²) in [4.78, 5) is 23.6. The molecule has 1 heterocycles. The lowest BCUT2D eigenvalue weighted by molar-refractivity contribution is -0.150. The fraction of sp³-hybridized carbons (Fsp3) is 0.833. The van der Waals surface area contributed by atoms with E-state index in [9.17, 15) is 18.0 Å². The molecule has 20 heavy (non-hydrogen) atoms. The van der Waals surface area contributed by atoms with Gasteiger partial charge in [0.1, 0.15) is 0 Å². The van der Waals surface area contributed by atoms with Gasteiger partial charge in [-0.1, -0.05) is 0 Å². The number of primary amides is 1. The van der Waals surface area contributed by atoms with E-state index in [0.29, 0.717) is 32.5 Å². The number of likely N-dealkylation sites (tertiary alicyclic amines) is 1. The summed E-state index contributed by atoms with van der Waals surface area (Å²) in [5.74, 6) is -1.66. The Morgan fingerprint density at radius 1 is 1.25 bits per heavy atom. The van der Waals surface area contributed by atoms with Crippen LogP contribution in [0, 0.1) is 5.41 Å². The first-order chi connectivity index (χ1) is 9.15. The average Bonchev–Trinajstić information content (AvgIpc) is 2.36. The Bertz CT molecular complexity index is 466. The van der Waals surface area contributed by atoms with Gasteiger partial charge in [0.05, 0.1) is 16.9 Å². The van der Waals surface area contributed by atoms with E-state index >= 15 is 0 Å². The van der Waals surface area contributed by atoms with Gasteiger partial charge in [-0.15, -0.1) is 0 Å². The van der Waals surface area contributed by atoms with E-state index in [1.54, 1.807) is 6.92 Å². The highest BCUT2D eigenvalue weighted by Gasteiger charge is 2.36. The molecule has 3 N–H and O–H groups in total. The maximum atomic E-state index is 11.7. The number of nitrogens with two attached hydrogens (primary N) is 1. The largest absolute Gasteiger partial charge is 0.481 e. The van der Waals surface area contributed by atoms with Crippen LogP contribution in [0.15, 0.2) is 0 Å². The van der Waals surface area contributed by atoms with Gasteiger partial charge in [-0.3, -0.25) is 9.59 Å². The van der Waals surface area contributed by atoms with Crippen LogP contribution in [0.4, 0.5) is 0 Å². The smallest absolute Gasteiger partial charge is 0.309 e. The Morgan fingerprint density at radius 3 is 2.25 bits per heavy atom. The molecule has 0 atom stereocenters. The summed E-state index contributed by atoms with van der Waals surface area (Å²) < 4.78 is 23.4. The summed E-state index contributed by atoms with van der Waals surface area (Å²) in [6, 6.07) is 0. The second-order valence-corrected chi connectivity index (χ2v) is 7.88. The molecule has 0 spiro atoms. The molecule has 0 aromatic heterocycles. The minimum atomic E-state index is -3.28. The van der Waals surface area contributed by atoms with Crippen LogP contribution in [-0.4, -0.2) is 61.4 Å². The molecule has 1 aliphatic rings. The molecule has 1 amide bonds. The van der Waals surface area contributed by atoms with Gasteiger partial charge in [0.15, 0.2) is 9.84 Å². The van der Waals surface area contributed by atoms with E-state index < -0.39 is 27.1 Å². The second-order valence-electron chi connectivity index (χ2n) is 5.58. The Kier molecular flexibility index (Phi) is 5.52. The first kappa shape index (κ1) is 16.9. The topological polar surface area (TPSA) is 118 Å². The van der Waals surface area contributed by atoms with Crippen molar-refractivity contribution < 1.29 is 23.1 Å². The maximum absolute atomic E-state index is 11.7. The number of nitrogens with zero attached hydrogens (tertiary/aromatic N) is 1. The molecule has 0 bridgehead atoms. The molecule has 7 nitrogen and oxygen atoms in total. The summed E-state index contributed by atoms with van der Waals surface area (Å²) in [6.45, 7) is 3.25. The van der Waals surface area contributed by atoms with Gasteiger partial charge in [0.25, 0.3) is 0 Å². The Hall–Kier alpha value is -1.15. The van der Waals surface area contributed by atoms with Gasteiger partial charge in [-0.05, 0) is 32.9 Å². The zero-order chi connectivity index (χ0) is 15.4. The third kappa shape index (κ3) is 5.09. The molecule has 1 aliphatic heterocycles. The molecule has 0 unspecified atom stereocenters. The molecule has 1 fully saturated rings. The number of hydrogen-bond donors (Lipinski definition) is 2. The lowest BCUT2D eigenvalue weighted by atomic mass is 9.80. The van der Waals surface area contributed by atoms with Crippen molar-refractivity contribution in [2.24, 2.45) is 11.1 Å². The molecular formula is C12H22N2O5S. The summed E-state index contributed by atoms with van der Waals surface area (Å²) >= 11 is 0. The standard InChI is InChI=1S/C12H22N2O5S/c1-12(11(16)17)3-5-14(6-4-12)7-9-20(18,19)8-2-10(13)15/h2-9H2,1H3,(H2,13,15)(H,16,17). The summed E-state index contributed by atoms with van der Waals surface area (Å²) in [5.41, 5.74) is 4.22. The fourth-order valence-corrected chi connectivity index (χ4v) is 3.36. The summed E-state index contributed by atoms with van der Waals surface area (Å²) in [5, 5.41) is 9.11. The van der Waals surface area contributed by atoms with Gasteiger partial charge >= 0.3 is 5.97 Å². The molecule has 0 aromatic carbocycles. The predicted octanol–water partition coefficient (Wildman–Crippen LogP) is -0.537. The van der Waals surface area contributed by atoms with Crippen LogP contribution in [-0.2, 0) is 19.4 Å². The lowest BCUT2D eigenvalue weighted by Crippen LogP contribution is -2.44. The number of carboxylic acid groups (broad SMARTS) is 1. The number of carbonyl (C=O) groups is 2. The molecule has 0 radical (unpaired) electrons. The lowest BCUT2D eigenvalue weighted by Gasteiger charge is -2.36. The number of amides is 1. The van der Waals surface area contributed by atoms with Crippen molar-refractivity contribution in [2.45, 2.75) is 26.2 Å². The van der Waals surface area contributed by atoms with Crippen LogP contribution in [0.3, 0.4) is 0 Å². The van der Waals surface area contributed by atoms with Crippen molar-refractivity contribution in [3.63, 3.8) is 0 Å². The zero-order valence-corrected chi connectivity index (χ0v) is 12.5. The van der Waals surface area contributed by atoms with Crippen LogP contribution in [0.2, 0.25) is 0 Å². The predicted molar refractivity (Wildman–Crippen MR) is 73.9 cm³/mol. The van der Waals surface area contributed by atoms with E-state index in [0.717, 1.165) is 0 Å². The minimum Gasteiger partial charge on any atom is -0.481 e. The van der Waals surface area contributed by atoms with Crippen LogP contribution in [0.1, 0.15) is 26.2 Å². The van der Waals surface area contributed by atoms with E-state index in [2.05, 4.69) is 0 Å². The number of carbonyl (C=O) groups excluding carboxylic acids is 1. The minimum absolute atomic E-state index is 0.0237. The molecule has 1 saturated heterocycles. The summed E-state index contributed by atoms with van der Waals surface area (Å²) in [6.07, 6.45) is 0.882. The van der Waals surface area contributed by atoms with E-state index in [1.807, 2.05) is 4.90 Å². The van der Waals surface area contributed by atoms with Crippen molar-refractivity contribution >= 4 is 21.7 Å². The van der Waals surface area contributed by atoms with Gasteiger partial charge < -0.3 is 15.7 Å². The summed E-state index contributed by atoms with van der Waals surface area (Å²) in [7, 11) is -3.28. The van der Waals surface area contributed by atoms with Crippen LogP contribution in [0.25, 0.3) is 0 Å². The first-order valence-corrected chi connectivity index (χ1v) is 8.41. The molecule has 8 heteroatoms. The molecular weight excluding hydrogens is 284 g/mol. The van der Waals surface area contributed by atoms with Crippen molar-refractivity contribution in [1.82, 2.24) is 4.90 Å². The Balaban J connectivity index is 2.38. The van der Waals surface area contributed by atoms with E-state index in [-0.39, 0.29) is 17.9 Å². The highest BCUT2D eigenvalue weighted by Crippen LogP contribution is 2.30. The van der Waals surface area contributed by atoms with Crippen molar-refractivity contribution in [3.05, 3.63) is 0 Å². The molecule has 0 aromatic rings. The normalized spacial score (nSPS) is 19.6. The Morgan fingerprint density at radius 2 is 1.80 bits per heavy atom. The first-order valence-electron chi connectivity index (χ1n) is 6.59. The third-order valence-electron chi connectivity index (χ3n) is 3.85. The SMILES string of the molecule is CC1(C(=O)O)CCN(CCS(=O)(=O)CCC(N)=O)CC1. The van der Waals surface area contributed by atoms with Gasteiger partial charge in [-0.2, -0.15) is 0 Å². The third-order valence-corrected chi connectivity index (χ3v) is 5.48. The molecule has 116 valence electrons. The number of sulfone groups is 1. The fourth-order valence-electron chi connectivity index (χ4n) is 2.11. The number of rotatable bonds is 7. The van der Waals surface area contributed by atoms with Crippen molar-refractivity contribution in [3.8, 4) is 0 Å². The van der Waals surface area contributed by atoms with E-state index in [1.165, 1.54) is 0 Å². The zero-order valence-electron chi connectivity index (χ0n) is 11.7. The number of piperidine rings is 1. The highest BCUT2D eigenvalue weighted by atomic mass is 32.2. The van der Waals surface area contributed by atoms with Gasteiger partial charge in [-0.25, -0.2) is 8.42 Å². The van der Waals surface area contributed by atoms with Gasteiger partial charge in [0, 0.05) is 13.0 Å². The molecule has 1 rings (SSSR count). The second kappa shape index (κ2) is 6.53. The van der Waals surface area contributed by atoms with Crippen LogP contribution in [0.5, 0.6) is 0 Å². The van der Waals surface area contributed by atoms with Crippen LogP contribution >= 0.6 is 0 Å². The highest BCUT2D eigenvalue weighted by molar-refractivity contribution is 7.91. The quantitative estimate of drug-likeness (QED) is 0.652. The number of carboxylic acids is 1. The molecule has 0 aliphatic carbocycles. The van der Waals surface area contributed by atoms with Crippen molar-refractivity contribution in [1.29, 1.82) is 0 Å². The Labute approximate surface area is 119 Å². The number of hydrogen-bond acceptors (Lipinski definition) is 5. The monoisotopic (exact) mass is 306 g/mol. The number of aliphatic carboxylic acids is 1. The van der Waals surface area contributed by atoms with Gasteiger partial charge in [0.2, 0.25) is 5.91 Å².